The Morgan fingerprint density at radius 1 is 1.00 bits per heavy atom. The minimum Gasteiger partial charge on any atom is -0.454 e. The summed E-state index contributed by atoms with van der Waals surface area (Å²) in [7, 11) is 0. The molecule has 2 amide bonds. The second kappa shape index (κ2) is 9.69. The normalized spacial score (nSPS) is 29.0. The molecule has 1 heterocycles. The van der Waals surface area contributed by atoms with E-state index >= 15 is 0 Å². The van der Waals surface area contributed by atoms with E-state index in [1.165, 1.54) is 35.5 Å². The summed E-state index contributed by atoms with van der Waals surface area (Å²) in [6.07, 6.45) is 13.0. The highest BCUT2D eigenvalue weighted by Gasteiger charge is 2.51. The summed E-state index contributed by atoms with van der Waals surface area (Å²) in [6, 6.07) is 2.23. The number of carbonyl (C=O) groups is 3. The Morgan fingerprint density at radius 2 is 1.68 bits per heavy atom. The number of amides is 2. The first-order chi connectivity index (χ1) is 16.4. The molecule has 7 nitrogen and oxygen atoms in total. The van der Waals surface area contributed by atoms with Crippen molar-refractivity contribution in [1.82, 2.24) is 5.32 Å². The maximum absolute atomic E-state index is 12.6. The molecule has 0 atom stereocenters. The number of fused-ring (bicyclic) bond motifs is 1. The van der Waals surface area contributed by atoms with Crippen LogP contribution in [0.5, 0.6) is 0 Å². The monoisotopic (exact) mass is 483 g/mol. The maximum atomic E-state index is 12.6. The van der Waals surface area contributed by atoms with Crippen molar-refractivity contribution in [2.45, 2.75) is 77.0 Å². The Morgan fingerprint density at radius 3 is 2.35 bits per heavy atom. The SMILES string of the molecule is N#Cc1c(NC(=O)COC(=O)CNC(=O)CC23CC4CC(CC(C4)C2)C3)sc2c1CCCCC2. The quantitative estimate of drug-likeness (QED) is 0.448. The lowest BCUT2D eigenvalue weighted by Crippen LogP contribution is -2.48. The zero-order valence-electron chi connectivity index (χ0n) is 19.6. The largest absolute Gasteiger partial charge is 0.454 e. The molecule has 5 aliphatic rings. The van der Waals surface area contributed by atoms with Crippen molar-refractivity contribution in [3.63, 3.8) is 0 Å². The summed E-state index contributed by atoms with van der Waals surface area (Å²) in [6.45, 7) is -0.660. The van der Waals surface area contributed by atoms with Crippen LogP contribution in [0.2, 0.25) is 0 Å². The van der Waals surface area contributed by atoms with Crippen LogP contribution in [0.25, 0.3) is 0 Å². The van der Waals surface area contributed by atoms with E-state index in [1.807, 2.05) is 0 Å². The molecule has 0 radical (unpaired) electrons. The number of esters is 1. The van der Waals surface area contributed by atoms with E-state index in [9.17, 15) is 19.6 Å². The average molecular weight is 484 g/mol. The van der Waals surface area contributed by atoms with Gasteiger partial charge in [0, 0.05) is 11.3 Å². The van der Waals surface area contributed by atoms with Crippen molar-refractivity contribution in [2.24, 2.45) is 23.2 Å². The summed E-state index contributed by atoms with van der Waals surface area (Å²) in [4.78, 5) is 38.2. The molecule has 5 aliphatic carbocycles. The van der Waals surface area contributed by atoms with E-state index in [0.717, 1.165) is 74.7 Å². The van der Waals surface area contributed by atoms with Gasteiger partial charge in [0.15, 0.2) is 6.61 Å². The number of hydrogen-bond donors (Lipinski definition) is 2. The van der Waals surface area contributed by atoms with Crippen LogP contribution < -0.4 is 10.6 Å². The summed E-state index contributed by atoms with van der Waals surface area (Å²) in [5, 5.41) is 15.6. The molecule has 0 aromatic carbocycles. The first-order valence-electron chi connectivity index (χ1n) is 12.7. The standard InChI is InChI=1S/C26H33N3O4S/c27-13-20-19-4-2-1-3-5-21(19)34-25(20)29-23(31)15-33-24(32)14-28-22(30)12-26-9-16-6-17(10-26)8-18(7-16)11-26/h16-18H,1-12,14-15H2,(H,28,30)(H,29,31). The van der Waals surface area contributed by atoms with Crippen LogP contribution in [0.4, 0.5) is 5.00 Å². The molecule has 4 bridgehead atoms. The van der Waals surface area contributed by atoms with Crippen LogP contribution in [0, 0.1) is 34.5 Å². The number of nitrogens with zero attached hydrogens (tertiary/aromatic N) is 1. The highest BCUT2D eigenvalue weighted by atomic mass is 32.1. The zero-order chi connectivity index (χ0) is 23.7. The van der Waals surface area contributed by atoms with Gasteiger partial charge in [0.1, 0.15) is 17.6 Å². The molecular weight excluding hydrogens is 450 g/mol. The third kappa shape index (κ3) is 5.00. The van der Waals surface area contributed by atoms with Crippen LogP contribution in [0.1, 0.15) is 80.2 Å². The molecule has 4 fully saturated rings. The Hall–Kier alpha value is -2.40. The van der Waals surface area contributed by atoms with Gasteiger partial charge in [-0.3, -0.25) is 14.4 Å². The lowest BCUT2D eigenvalue weighted by atomic mass is 9.49. The number of carbonyl (C=O) groups excluding carboxylic acids is 3. The van der Waals surface area contributed by atoms with Crippen molar-refractivity contribution in [1.29, 1.82) is 5.26 Å². The van der Waals surface area contributed by atoms with Crippen LogP contribution >= 0.6 is 11.3 Å². The Bertz CT molecular complexity index is 989. The Kier molecular flexibility index (Phi) is 6.65. The number of anilines is 1. The topological polar surface area (TPSA) is 108 Å². The van der Waals surface area contributed by atoms with Gasteiger partial charge < -0.3 is 15.4 Å². The van der Waals surface area contributed by atoms with Crippen molar-refractivity contribution >= 4 is 34.1 Å². The highest BCUT2D eigenvalue weighted by Crippen LogP contribution is 2.61. The molecule has 0 saturated heterocycles. The van der Waals surface area contributed by atoms with Gasteiger partial charge in [-0.05, 0) is 92.9 Å². The van der Waals surface area contributed by atoms with E-state index in [4.69, 9.17) is 4.74 Å². The molecule has 8 heteroatoms. The molecule has 0 unspecified atom stereocenters. The van der Waals surface area contributed by atoms with Gasteiger partial charge in [0.05, 0.1) is 5.56 Å². The molecule has 2 N–H and O–H groups in total. The van der Waals surface area contributed by atoms with E-state index in [2.05, 4.69) is 16.7 Å². The van der Waals surface area contributed by atoms with Crippen LogP contribution in [-0.2, 0) is 32.0 Å². The minimum absolute atomic E-state index is 0.0953. The number of thiophene rings is 1. The molecule has 1 aromatic rings. The fourth-order valence-electron chi connectivity index (χ4n) is 7.39. The number of nitrogens with one attached hydrogen (secondary N) is 2. The molecule has 0 spiro atoms. The van der Waals surface area contributed by atoms with Gasteiger partial charge in [0.2, 0.25) is 5.91 Å². The van der Waals surface area contributed by atoms with Crippen LogP contribution in [0.3, 0.4) is 0 Å². The number of ether oxygens (including phenoxy) is 1. The molecule has 6 rings (SSSR count). The molecule has 1 aromatic heterocycles. The van der Waals surface area contributed by atoms with Crippen LogP contribution in [0.15, 0.2) is 0 Å². The Balaban J connectivity index is 1.06. The van der Waals surface area contributed by atoms with Gasteiger partial charge in [0.25, 0.3) is 5.91 Å². The second-order valence-electron chi connectivity index (χ2n) is 11.0. The number of aryl methyl sites for hydroxylation is 1. The van der Waals surface area contributed by atoms with Gasteiger partial charge in [-0.25, -0.2) is 0 Å². The van der Waals surface area contributed by atoms with Crippen molar-refractivity contribution in [3.8, 4) is 6.07 Å². The minimum atomic E-state index is -0.628. The number of nitriles is 1. The summed E-state index contributed by atoms with van der Waals surface area (Å²) in [5.74, 6) is 1.15. The smallest absolute Gasteiger partial charge is 0.325 e. The van der Waals surface area contributed by atoms with Crippen molar-refractivity contribution in [3.05, 3.63) is 16.0 Å². The van der Waals surface area contributed by atoms with E-state index < -0.39 is 18.5 Å². The van der Waals surface area contributed by atoms with Gasteiger partial charge >= 0.3 is 5.97 Å². The molecular formula is C26H33N3O4S. The lowest BCUT2D eigenvalue weighted by Gasteiger charge is -2.56. The van der Waals surface area contributed by atoms with Crippen molar-refractivity contribution < 1.29 is 19.1 Å². The van der Waals surface area contributed by atoms with E-state index in [1.54, 1.807) is 0 Å². The summed E-state index contributed by atoms with van der Waals surface area (Å²) < 4.78 is 5.07. The molecule has 4 saturated carbocycles. The number of hydrogen-bond acceptors (Lipinski definition) is 6. The Labute approximate surface area is 204 Å². The second-order valence-corrected chi connectivity index (χ2v) is 12.1. The van der Waals surface area contributed by atoms with Crippen LogP contribution in [-0.4, -0.2) is 30.9 Å². The van der Waals surface area contributed by atoms with E-state index in [-0.39, 0.29) is 17.9 Å². The van der Waals surface area contributed by atoms with Crippen molar-refractivity contribution in [2.75, 3.05) is 18.5 Å². The van der Waals surface area contributed by atoms with Gasteiger partial charge in [-0.1, -0.05) is 6.42 Å². The highest BCUT2D eigenvalue weighted by molar-refractivity contribution is 7.16. The lowest BCUT2D eigenvalue weighted by molar-refractivity contribution is -0.147. The fourth-order valence-corrected chi connectivity index (χ4v) is 8.65. The molecule has 0 aliphatic heterocycles. The first kappa shape index (κ1) is 23.3. The first-order valence-corrected chi connectivity index (χ1v) is 13.5. The predicted molar refractivity (Wildman–Crippen MR) is 128 cm³/mol. The summed E-state index contributed by atoms with van der Waals surface area (Å²) >= 11 is 1.45. The fraction of sp³-hybridized carbons (Fsp3) is 0.692. The van der Waals surface area contributed by atoms with Gasteiger partial charge in [-0.2, -0.15) is 5.26 Å². The van der Waals surface area contributed by atoms with E-state index in [0.29, 0.717) is 17.0 Å². The predicted octanol–water partition coefficient (Wildman–Crippen LogP) is 4.09. The van der Waals surface area contributed by atoms with Gasteiger partial charge in [-0.15, -0.1) is 11.3 Å². The average Bonchev–Trinajstić information content (AvgIpc) is 2.93. The third-order valence-corrected chi connectivity index (χ3v) is 9.49. The number of rotatable bonds is 7. The molecule has 34 heavy (non-hydrogen) atoms. The summed E-state index contributed by atoms with van der Waals surface area (Å²) in [5.41, 5.74) is 1.72. The molecule has 182 valence electrons. The zero-order valence-corrected chi connectivity index (χ0v) is 20.4. The maximum Gasteiger partial charge on any atom is 0.325 e. The third-order valence-electron chi connectivity index (χ3n) is 8.28.